The third-order valence-corrected chi connectivity index (χ3v) is 5.12. The van der Waals surface area contributed by atoms with E-state index in [4.69, 9.17) is 5.11 Å². The van der Waals surface area contributed by atoms with E-state index in [1.165, 1.54) is 17.1 Å². The number of hydrogen-bond donors (Lipinski definition) is 1. The molecule has 0 saturated carbocycles. The molecule has 1 saturated heterocycles. The summed E-state index contributed by atoms with van der Waals surface area (Å²) in [6, 6.07) is 11.3. The Balaban J connectivity index is 1.66. The van der Waals surface area contributed by atoms with Crippen LogP contribution < -0.4 is 0 Å². The Kier molecular flexibility index (Phi) is 6.21. The van der Waals surface area contributed by atoms with Crippen LogP contribution in [0, 0.1) is 5.92 Å². The molecule has 0 amide bonds. The fourth-order valence-electron chi connectivity index (χ4n) is 2.62. The van der Waals surface area contributed by atoms with Gasteiger partial charge in [0.1, 0.15) is 0 Å². The molecular weight excluding hydrogens is 254 g/mol. The van der Waals surface area contributed by atoms with Crippen LogP contribution in [0.2, 0.25) is 0 Å². The van der Waals surface area contributed by atoms with Gasteiger partial charge in [-0.3, -0.25) is 0 Å². The molecule has 1 heterocycles. The van der Waals surface area contributed by atoms with E-state index in [0.29, 0.717) is 18.6 Å². The summed E-state index contributed by atoms with van der Waals surface area (Å²) in [5, 5.41) is 9.16. The van der Waals surface area contributed by atoms with Gasteiger partial charge in [0.15, 0.2) is 0 Å². The van der Waals surface area contributed by atoms with Crippen molar-refractivity contribution in [3.63, 3.8) is 0 Å². The van der Waals surface area contributed by atoms with Gasteiger partial charge in [0.2, 0.25) is 0 Å². The summed E-state index contributed by atoms with van der Waals surface area (Å²) < 4.78 is 0. The number of nitrogens with zero attached hydrogens (tertiary/aromatic N) is 1. The van der Waals surface area contributed by atoms with Gasteiger partial charge in [-0.25, -0.2) is 0 Å². The highest BCUT2D eigenvalue weighted by atomic mass is 32.2. The molecule has 0 aliphatic carbocycles. The number of aliphatic hydroxyl groups is 1. The number of rotatable bonds is 6. The van der Waals surface area contributed by atoms with E-state index in [1.54, 1.807) is 0 Å². The van der Waals surface area contributed by atoms with Gasteiger partial charge in [0, 0.05) is 17.5 Å². The van der Waals surface area contributed by atoms with Crippen LogP contribution >= 0.6 is 11.8 Å². The Labute approximate surface area is 121 Å². The van der Waals surface area contributed by atoms with Crippen LogP contribution in [0.1, 0.15) is 26.2 Å². The van der Waals surface area contributed by atoms with Crippen LogP contribution in [-0.4, -0.2) is 41.5 Å². The van der Waals surface area contributed by atoms with Crippen molar-refractivity contribution in [1.82, 2.24) is 4.90 Å². The highest BCUT2D eigenvalue weighted by Gasteiger charge is 2.21. The van der Waals surface area contributed by atoms with E-state index in [9.17, 15) is 0 Å². The van der Waals surface area contributed by atoms with Gasteiger partial charge in [0.05, 0.1) is 0 Å². The average Bonchev–Trinajstić information content (AvgIpc) is 2.48. The maximum Gasteiger partial charge on any atom is 0.0460 e. The number of benzene rings is 1. The molecule has 1 atom stereocenters. The van der Waals surface area contributed by atoms with E-state index in [0.717, 1.165) is 25.9 Å². The molecule has 0 radical (unpaired) electrons. The Morgan fingerprint density at radius 2 is 1.95 bits per heavy atom. The van der Waals surface area contributed by atoms with Crippen LogP contribution in [0.25, 0.3) is 0 Å². The fraction of sp³-hybridized carbons (Fsp3) is 0.625. The molecule has 1 aliphatic rings. The molecule has 1 N–H and O–H groups in total. The van der Waals surface area contributed by atoms with Gasteiger partial charge in [-0.05, 0) is 63.1 Å². The van der Waals surface area contributed by atoms with Crippen molar-refractivity contribution < 1.29 is 5.11 Å². The monoisotopic (exact) mass is 279 g/mol. The second kappa shape index (κ2) is 7.93. The SMILES string of the molecule is CC(CCSc1ccccc1)N1CCC(CO)CC1. The first-order valence-corrected chi connectivity index (χ1v) is 8.31. The topological polar surface area (TPSA) is 23.5 Å². The van der Waals surface area contributed by atoms with E-state index in [2.05, 4.69) is 42.2 Å². The fourth-order valence-corrected chi connectivity index (χ4v) is 3.67. The lowest BCUT2D eigenvalue weighted by Crippen LogP contribution is -2.40. The van der Waals surface area contributed by atoms with Crippen molar-refractivity contribution >= 4 is 11.8 Å². The second-order valence-corrected chi connectivity index (χ2v) is 6.63. The maximum absolute atomic E-state index is 9.16. The van der Waals surface area contributed by atoms with Crippen molar-refractivity contribution in [2.45, 2.75) is 37.1 Å². The number of likely N-dealkylation sites (tertiary alicyclic amines) is 1. The Bertz CT molecular complexity index is 349. The van der Waals surface area contributed by atoms with Crippen LogP contribution in [-0.2, 0) is 0 Å². The Morgan fingerprint density at radius 3 is 2.58 bits per heavy atom. The summed E-state index contributed by atoms with van der Waals surface area (Å²) in [6.07, 6.45) is 3.56. The second-order valence-electron chi connectivity index (χ2n) is 5.46. The first-order chi connectivity index (χ1) is 9.29. The summed E-state index contributed by atoms with van der Waals surface area (Å²) in [5.74, 6) is 1.73. The number of piperidine rings is 1. The van der Waals surface area contributed by atoms with E-state index >= 15 is 0 Å². The number of aliphatic hydroxyl groups excluding tert-OH is 1. The Morgan fingerprint density at radius 1 is 1.26 bits per heavy atom. The summed E-state index contributed by atoms with van der Waals surface area (Å²) in [6.45, 7) is 5.02. The molecular formula is C16H25NOS. The highest BCUT2D eigenvalue weighted by Crippen LogP contribution is 2.22. The summed E-state index contributed by atoms with van der Waals surface area (Å²) in [7, 11) is 0. The lowest BCUT2D eigenvalue weighted by Gasteiger charge is -2.35. The molecule has 0 bridgehead atoms. The van der Waals surface area contributed by atoms with Crippen molar-refractivity contribution in [2.75, 3.05) is 25.4 Å². The molecule has 106 valence electrons. The third-order valence-electron chi connectivity index (χ3n) is 4.08. The van der Waals surface area contributed by atoms with Gasteiger partial charge in [-0.15, -0.1) is 11.8 Å². The molecule has 0 aromatic heterocycles. The molecule has 3 heteroatoms. The summed E-state index contributed by atoms with van der Waals surface area (Å²) >= 11 is 1.95. The molecule has 2 nitrogen and oxygen atoms in total. The maximum atomic E-state index is 9.16. The van der Waals surface area contributed by atoms with Gasteiger partial charge < -0.3 is 10.0 Å². The number of thioether (sulfide) groups is 1. The summed E-state index contributed by atoms with van der Waals surface area (Å²) in [5.41, 5.74) is 0. The zero-order valence-electron chi connectivity index (χ0n) is 11.8. The minimum absolute atomic E-state index is 0.367. The predicted octanol–water partition coefficient (Wildman–Crippen LogP) is 3.26. The zero-order valence-corrected chi connectivity index (χ0v) is 12.6. The third kappa shape index (κ3) is 4.83. The first-order valence-electron chi connectivity index (χ1n) is 7.32. The normalized spacial score (nSPS) is 19.5. The largest absolute Gasteiger partial charge is 0.396 e. The first kappa shape index (κ1) is 14.9. The highest BCUT2D eigenvalue weighted by molar-refractivity contribution is 7.99. The van der Waals surface area contributed by atoms with Gasteiger partial charge >= 0.3 is 0 Å². The molecule has 1 fully saturated rings. The molecule has 2 rings (SSSR count). The van der Waals surface area contributed by atoms with Crippen molar-refractivity contribution in [3.05, 3.63) is 30.3 Å². The predicted molar refractivity (Wildman–Crippen MR) is 82.6 cm³/mol. The molecule has 1 unspecified atom stereocenters. The van der Waals surface area contributed by atoms with Crippen molar-refractivity contribution in [3.8, 4) is 0 Å². The van der Waals surface area contributed by atoms with E-state index in [1.807, 2.05) is 11.8 Å². The molecule has 0 spiro atoms. The smallest absolute Gasteiger partial charge is 0.0460 e. The number of hydrogen-bond acceptors (Lipinski definition) is 3. The zero-order chi connectivity index (χ0) is 13.5. The van der Waals surface area contributed by atoms with Gasteiger partial charge in [0.25, 0.3) is 0 Å². The van der Waals surface area contributed by atoms with Crippen LogP contribution in [0.5, 0.6) is 0 Å². The molecule has 1 aromatic rings. The van der Waals surface area contributed by atoms with Crippen LogP contribution in [0.3, 0.4) is 0 Å². The summed E-state index contributed by atoms with van der Waals surface area (Å²) in [4.78, 5) is 3.95. The van der Waals surface area contributed by atoms with Crippen molar-refractivity contribution in [1.29, 1.82) is 0 Å². The minimum atomic E-state index is 0.367. The van der Waals surface area contributed by atoms with Gasteiger partial charge in [-0.2, -0.15) is 0 Å². The van der Waals surface area contributed by atoms with Crippen molar-refractivity contribution in [2.24, 2.45) is 5.92 Å². The van der Waals surface area contributed by atoms with Gasteiger partial charge in [-0.1, -0.05) is 18.2 Å². The average molecular weight is 279 g/mol. The molecule has 1 aromatic carbocycles. The van der Waals surface area contributed by atoms with Crippen LogP contribution in [0.4, 0.5) is 0 Å². The molecule has 1 aliphatic heterocycles. The standard InChI is InChI=1S/C16H25NOS/c1-14(17-10-7-15(13-18)8-11-17)9-12-19-16-5-3-2-4-6-16/h2-6,14-15,18H,7-13H2,1H3. The lowest BCUT2D eigenvalue weighted by molar-refractivity contribution is 0.105. The Hall–Kier alpha value is -0.510. The van der Waals surface area contributed by atoms with E-state index < -0.39 is 0 Å². The van der Waals surface area contributed by atoms with E-state index in [-0.39, 0.29) is 0 Å². The molecule has 19 heavy (non-hydrogen) atoms. The minimum Gasteiger partial charge on any atom is -0.396 e. The quantitative estimate of drug-likeness (QED) is 0.809. The van der Waals surface area contributed by atoms with Crippen LogP contribution in [0.15, 0.2) is 35.2 Å². The lowest BCUT2D eigenvalue weighted by atomic mass is 9.96.